The molecule has 5 heteroatoms. The Morgan fingerprint density at radius 1 is 0.974 bits per heavy atom. The Bertz CT molecular complexity index is 1230. The van der Waals surface area contributed by atoms with Crippen LogP contribution < -0.4 is 0 Å². The van der Waals surface area contributed by atoms with E-state index in [1.807, 2.05) is 0 Å². The summed E-state index contributed by atoms with van der Waals surface area (Å²) in [4.78, 5) is 18.3. The van der Waals surface area contributed by atoms with Crippen molar-refractivity contribution in [3.63, 3.8) is 0 Å². The number of aryl methyl sites for hydroxylation is 2. The molecular weight excluding hydrogens is 495 g/mol. The maximum absolute atomic E-state index is 14.2. The molecule has 208 valence electrons. The first kappa shape index (κ1) is 25.8. The minimum atomic E-state index is -4.38. The van der Waals surface area contributed by atoms with Crippen molar-refractivity contribution in [2.45, 2.75) is 96.1 Å². The second kappa shape index (κ2) is 9.73. The van der Waals surface area contributed by atoms with Crippen LogP contribution in [0.5, 0.6) is 0 Å². The maximum Gasteiger partial charge on any atom is 0.417 e. The van der Waals surface area contributed by atoms with Gasteiger partial charge in [0.25, 0.3) is 0 Å². The number of pyridine rings is 1. The number of hydrogen-bond acceptors (Lipinski definition) is 2. The molecule has 0 aromatic carbocycles. The Morgan fingerprint density at radius 3 is 2.54 bits per heavy atom. The first-order valence-electron chi connectivity index (χ1n) is 15.5. The average Bonchev–Trinajstić information content (AvgIpc) is 3.34. The molecule has 1 aromatic rings. The lowest BCUT2D eigenvalue weighted by molar-refractivity contribution is -0.138. The lowest BCUT2D eigenvalue weighted by Gasteiger charge is -2.32. The highest BCUT2D eigenvalue weighted by molar-refractivity contribution is 5.88. The molecule has 3 unspecified atom stereocenters. The number of fused-ring (bicyclic) bond motifs is 3. The monoisotopic (exact) mass is 535 g/mol. The molecule has 39 heavy (non-hydrogen) atoms. The second-order valence-electron chi connectivity index (χ2n) is 13.6. The van der Waals surface area contributed by atoms with Crippen LogP contribution in [0.1, 0.15) is 93.9 Å². The molecule has 6 atom stereocenters. The molecule has 4 fully saturated rings. The van der Waals surface area contributed by atoms with Crippen molar-refractivity contribution in [3.05, 3.63) is 64.5 Å². The summed E-state index contributed by atoms with van der Waals surface area (Å²) in [6.07, 6.45) is 20.7. The van der Waals surface area contributed by atoms with Gasteiger partial charge in [-0.1, -0.05) is 36.3 Å². The van der Waals surface area contributed by atoms with Crippen molar-refractivity contribution < 1.29 is 18.0 Å². The van der Waals surface area contributed by atoms with Crippen LogP contribution >= 0.6 is 0 Å². The molecule has 7 rings (SSSR count). The van der Waals surface area contributed by atoms with E-state index in [4.69, 9.17) is 0 Å². The number of alkyl halides is 3. The molecule has 1 heterocycles. The zero-order valence-corrected chi connectivity index (χ0v) is 22.8. The molecule has 0 bridgehead atoms. The summed E-state index contributed by atoms with van der Waals surface area (Å²) < 4.78 is 39.7. The smallest absolute Gasteiger partial charge is 0.299 e. The van der Waals surface area contributed by atoms with E-state index in [9.17, 15) is 18.0 Å². The fourth-order valence-corrected chi connectivity index (χ4v) is 9.11. The molecule has 0 N–H and O–H groups in total. The van der Waals surface area contributed by atoms with Crippen LogP contribution in [0.25, 0.3) is 0 Å². The van der Waals surface area contributed by atoms with Crippen LogP contribution in [-0.2, 0) is 23.8 Å². The standard InChI is InChI=1S/C34H40F3NO/c35-34(36,37)29-17-27-10-7-24(11-12-31(27)38-20-29)32(39)33-13-1-2-28(33)16-23(19-33)14-21-3-5-22(6-4-21)15-25-8-9-26-18-30(25)26/h8-9,14-15,17,20,22-24,26,28,30H,1-7,10-13,16,18-19H2/b21-14?,25-15+/t22?,23-,24?,26?,28-,30?,33-/m1/s1. The lowest BCUT2D eigenvalue weighted by atomic mass is 9.70. The number of aromatic nitrogens is 1. The van der Waals surface area contributed by atoms with Gasteiger partial charge in [0, 0.05) is 23.2 Å². The average molecular weight is 536 g/mol. The van der Waals surface area contributed by atoms with Crippen LogP contribution in [-0.4, -0.2) is 10.8 Å². The summed E-state index contributed by atoms with van der Waals surface area (Å²) in [5.74, 6) is 3.76. The zero-order valence-electron chi connectivity index (χ0n) is 22.8. The molecule has 0 saturated heterocycles. The quantitative estimate of drug-likeness (QED) is 0.285. The van der Waals surface area contributed by atoms with Gasteiger partial charge in [-0.25, -0.2) is 0 Å². The Morgan fingerprint density at radius 2 is 1.79 bits per heavy atom. The Kier molecular flexibility index (Phi) is 6.43. The summed E-state index contributed by atoms with van der Waals surface area (Å²) in [5.41, 5.74) is 3.76. The van der Waals surface area contributed by atoms with Crippen molar-refractivity contribution in [3.8, 4) is 0 Å². The third kappa shape index (κ3) is 4.86. The van der Waals surface area contributed by atoms with Crippen LogP contribution in [0.4, 0.5) is 13.2 Å². The van der Waals surface area contributed by atoms with Gasteiger partial charge in [0.2, 0.25) is 0 Å². The molecule has 1 aromatic heterocycles. The van der Waals surface area contributed by atoms with Gasteiger partial charge in [-0.2, -0.15) is 13.2 Å². The maximum atomic E-state index is 14.2. The molecular formula is C34H40F3NO. The van der Waals surface area contributed by atoms with Crippen molar-refractivity contribution in [2.24, 2.45) is 40.9 Å². The number of ketones is 1. The third-order valence-corrected chi connectivity index (χ3v) is 11.3. The number of Topliss-reactive ketones (excluding diaryl/α,β-unsaturated/α-hetero) is 1. The first-order chi connectivity index (χ1) is 18.8. The summed E-state index contributed by atoms with van der Waals surface area (Å²) in [6.45, 7) is 0. The minimum Gasteiger partial charge on any atom is -0.299 e. The van der Waals surface area contributed by atoms with Gasteiger partial charge in [0.05, 0.1) is 5.56 Å². The first-order valence-corrected chi connectivity index (χ1v) is 15.5. The van der Waals surface area contributed by atoms with Gasteiger partial charge in [0.15, 0.2) is 0 Å². The minimum absolute atomic E-state index is 0.0558. The molecule has 6 aliphatic rings. The Balaban J connectivity index is 0.997. The van der Waals surface area contributed by atoms with E-state index in [0.717, 1.165) is 68.2 Å². The number of carbonyl (C=O) groups is 1. The Labute approximate surface area is 230 Å². The van der Waals surface area contributed by atoms with E-state index in [-0.39, 0.29) is 11.3 Å². The van der Waals surface area contributed by atoms with Crippen LogP contribution in [0, 0.1) is 40.9 Å². The van der Waals surface area contributed by atoms with Crippen LogP contribution in [0.2, 0.25) is 0 Å². The van der Waals surface area contributed by atoms with Gasteiger partial charge < -0.3 is 0 Å². The second-order valence-corrected chi connectivity index (χ2v) is 13.6. The van der Waals surface area contributed by atoms with Crippen LogP contribution in [0.15, 0.2) is 47.7 Å². The predicted molar refractivity (Wildman–Crippen MR) is 146 cm³/mol. The normalized spacial score (nSPS) is 38.3. The number of rotatable bonds is 4. The van der Waals surface area contributed by atoms with Crippen molar-refractivity contribution in [1.82, 2.24) is 4.98 Å². The van der Waals surface area contributed by atoms with E-state index < -0.39 is 11.7 Å². The van der Waals surface area contributed by atoms with E-state index in [1.165, 1.54) is 38.2 Å². The van der Waals surface area contributed by atoms with Crippen LogP contribution in [0.3, 0.4) is 0 Å². The van der Waals surface area contributed by atoms with E-state index in [2.05, 4.69) is 29.3 Å². The van der Waals surface area contributed by atoms with Crippen molar-refractivity contribution in [1.29, 1.82) is 0 Å². The zero-order chi connectivity index (χ0) is 26.8. The summed E-state index contributed by atoms with van der Waals surface area (Å²) in [6, 6.07) is 1.27. The number of allylic oxidation sites excluding steroid dienone is 6. The van der Waals surface area contributed by atoms with E-state index in [0.29, 0.717) is 42.4 Å². The fraction of sp³-hybridized carbons (Fsp3) is 0.647. The molecule has 0 aliphatic heterocycles. The number of halogens is 3. The highest BCUT2D eigenvalue weighted by Gasteiger charge is 2.55. The molecule has 2 nitrogen and oxygen atoms in total. The summed E-state index contributed by atoms with van der Waals surface area (Å²) in [7, 11) is 0. The summed E-state index contributed by atoms with van der Waals surface area (Å²) in [5, 5.41) is 0. The number of hydrogen-bond donors (Lipinski definition) is 0. The molecule has 0 amide bonds. The van der Waals surface area contributed by atoms with Gasteiger partial charge in [-0.15, -0.1) is 0 Å². The summed E-state index contributed by atoms with van der Waals surface area (Å²) >= 11 is 0. The van der Waals surface area contributed by atoms with Crippen molar-refractivity contribution in [2.75, 3.05) is 0 Å². The van der Waals surface area contributed by atoms with E-state index >= 15 is 0 Å². The molecule has 4 saturated carbocycles. The van der Waals surface area contributed by atoms with Gasteiger partial charge in [-0.3, -0.25) is 9.78 Å². The number of nitrogens with zero attached hydrogens (tertiary/aromatic N) is 1. The molecule has 0 radical (unpaired) electrons. The SMILES string of the molecule is O=C(C1CCc2cc(C(F)(F)F)cnc2CC1)[C@@]12CCC[C@@H]1C[C@@H](C=C1CCC(/C=C3\C=CC4CC34)CC1)C2. The molecule has 6 aliphatic carbocycles. The fourth-order valence-electron chi connectivity index (χ4n) is 9.11. The topological polar surface area (TPSA) is 30.0 Å². The van der Waals surface area contributed by atoms with E-state index in [1.54, 1.807) is 11.1 Å². The highest BCUT2D eigenvalue weighted by Crippen LogP contribution is 2.59. The third-order valence-electron chi connectivity index (χ3n) is 11.3. The highest BCUT2D eigenvalue weighted by atomic mass is 19.4. The Hall–Kier alpha value is -2.17. The van der Waals surface area contributed by atoms with Gasteiger partial charge in [-0.05, 0) is 130 Å². The lowest BCUT2D eigenvalue weighted by Crippen LogP contribution is -2.36. The van der Waals surface area contributed by atoms with Crippen molar-refractivity contribution >= 4 is 5.78 Å². The largest absolute Gasteiger partial charge is 0.417 e. The molecule has 0 spiro atoms. The number of carbonyl (C=O) groups excluding carboxylic acids is 1. The predicted octanol–water partition coefficient (Wildman–Crippen LogP) is 8.61. The van der Waals surface area contributed by atoms with Gasteiger partial charge >= 0.3 is 6.18 Å². The van der Waals surface area contributed by atoms with Gasteiger partial charge in [0.1, 0.15) is 5.78 Å².